The molecule has 20 heavy (non-hydrogen) atoms. The number of carbonyl (C=O) groups excluding carboxylic acids is 1. The molecule has 1 rings (SSSR count). The minimum absolute atomic E-state index is 0.347. The van der Waals surface area contributed by atoms with Crippen molar-refractivity contribution in [1.82, 2.24) is 15.5 Å². The maximum Gasteiger partial charge on any atom is 0.408 e. The molecule has 0 fully saturated rings. The van der Waals surface area contributed by atoms with E-state index in [0.29, 0.717) is 11.1 Å². The van der Waals surface area contributed by atoms with E-state index >= 15 is 0 Å². The Morgan fingerprint density at radius 2 is 2.15 bits per heavy atom. The van der Waals surface area contributed by atoms with Crippen LogP contribution in [0.2, 0.25) is 0 Å². The van der Waals surface area contributed by atoms with Crippen molar-refractivity contribution in [2.24, 2.45) is 0 Å². The van der Waals surface area contributed by atoms with E-state index in [1.54, 1.807) is 27.7 Å². The molecule has 1 aromatic rings. The van der Waals surface area contributed by atoms with Crippen LogP contribution in [-0.4, -0.2) is 27.6 Å². The Morgan fingerprint density at radius 3 is 2.70 bits per heavy atom. The largest absolute Gasteiger partial charge is 0.444 e. The second-order valence-corrected chi connectivity index (χ2v) is 6.45. The second-order valence-electron chi connectivity index (χ2n) is 5.52. The van der Waals surface area contributed by atoms with Gasteiger partial charge in [-0.05, 0) is 34.6 Å². The van der Waals surface area contributed by atoms with Gasteiger partial charge in [0.25, 0.3) is 5.22 Å². The number of nitrogens with zero attached hydrogens (tertiary/aromatic N) is 2. The zero-order valence-electron chi connectivity index (χ0n) is 12.5. The molecular formula is C13H21N3O3S. The molecule has 7 heteroatoms. The fraction of sp³-hybridized carbons (Fsp3) is 0.615. The molecule has 1 unspecified atom stereocenters. The zero-order chi connectivity index (χ0) is 15.3. The molecule has 0 aliphatic heterocycles. The fourth-order valence-corrected chi connectivity index (χ4v) is 1.80. The van der Waals surface area contributed by atoms with Crippen LogP contribution < -0.4 is 5.32 Å². The SMILES string of the molecule is C=C(C)CSc1nnc(C(C)NC(=O)OC(C)(C)C)o1. The van der Waals surface area contributed by atoms with Gasteiger partial charge >= 0.3 is 6.09 Å². The lowest BCUT2D eigenvalue weighted by atomic mass is 10.2. The lowest BCUT2D eigenvalue weighted by Crippen LogP contribution is -2.34. The molecule has 0 radical (unpaired) electrons. The lowest BCUT2D eigenvalue weighted by molar-refractivity contribution is 0.0500. The number of ether oxygens (including phenoxy) is 1. The molecule has 1 aromatic heterocycles. The van der Waals surface area contributed by atoms with Gasteiger partial charge in [0.15, 0.2) is 0 Å². The number of nitrogens with one attached hydrogen (secondary N) is 1. The van der Waals surface area contributed by atoms with Gasteiger partial charge in [-0.2, -0.15) is 0 Å². The smallest absolute Gasteiger partial charge is 0.408 e. The van der Waals surface area contributed by atoms with Crippen LogP contribution in [0.3, 0.4) is 0 Å². The third kappa shape index (κ3) is 6.10. The van der Waals surface area contributed by atoms with Crippen molar-refractivity contribution in [3.63, 3.8) is 0 Å². The van der Waals surface area contributed by atoms with Gasteiger partial charge in [-0.1, -0.05) is 23.9 Å². The zero-order valence-corrected chi connectivity index (χ0v) is 13.3. The molecule has 0 saturated carbocycles. The Bertz CT molecular complexity index is 479. The van der Waals surface area contributed by atoms with Crippen LogP contribution in [0, 0.1) is 0 Å². The topological polar surface area (TPSA) is 77.2 Å². The van der Waals surface area contributed by atoms with Crippen molar-refractivity contribution in [1.29, 1.82) is 0 Å². The van der Waals surface area contributed by atoms with Gasteiger partial charge < -0.3 is 14.5 Å². The standard InChI is InChI=1S/C13H21N3O3S/c1-8(2)7-20-12-16-15-10(18-12)9(3)14-11(17)19-13(4,5)6/h9H,1,7H2,2-6H3,(H,14,17). The summed E-state index contributed by atoms with van der Waals surface area (Å²) in [6.07, 6.45) is -0.515. The monoisotopic (exact) mass is 299 g/mol. The summed E-state index contributed by atoms with van der Waals surface area (Å²) in [4.78, 5) is 11.6. The van der Waals surface area contributed by atoms with Crippen LogP contribution in [0.25, 0.3) is 0 Å². The molecule has 0 aromatic carbocycles. The number of alkyl carbamates (subject to hydrolysis) is 1. The molecule has 0 saturated heterocycles. The fourth-order valence-electron chi connectivity index (χ4n) is 1.18. The molecule has 1 N–H and O–H groups in total. The summed E-state index contributed by atoms with van der Waals surface area (Å²) in [5.41, 5.74) is 0.482. The van der Waals surface area contributed by atoms with Gasteiger partial charge in [-0.25, -0.2) is 4.79 Å². The quantitative estimate of drug-likeness (QED) is 0.664. The van der Waals surface area contributed by atoms with Gasteiger partial charge in [-0.3, -0.25) is 0 Å². The predicted octanol–water partition coefficient (Wildman–Crippen LogP) is 3.32. The highest BCUT2D eigenvalue weighted by Crippen LogP contribution is 2.21. The number of aromatic nitrogens is 2. The van der Waals surface area contributed by atoms with E-state index in [-0.39, 0.29) is 0 Å². The maximum atomic E-state index is 11.6. The Labute approximate surface area is 123 Å². The molecule has 0 aliphatic carbocycles. The predicted molar refractivity (Wildman–Crippen MR) is 77.6 cm³/mol. The molecule has 1 atom stereocenters. The second kappa shape index (κ2) is 6.78. The number of hydrogen-bond acceptors (Lipinski definition) is 6. The number of rotatable bonds is 5. The van der Waals surface area contributed by atoms with Crippen molar-refractivity contribution in [2.75, 3.05) is 5.75 Å². The lowest BCUT2D eigenvalue weighted by Gasteiger charge is -2.20. The summed E-state index contributed by atoms with van der Waals surface area (Å²) >= 11 is 1.41. The number of amides is 1. The van der Waals surface area contributed by atoms with Gasteiger partial charge in [0.1, 0.15) is 11.6 Å². The first-order valence-corrected chi connectivity index (χ1v) is 7.26. The van der Waals surface area contributed by atoms with Gasteiger partial charge in [0.2, 0.25) is 5.89 Å². The van der Waals surface area contributed by atoms with Gasteiger partial charge in [0, 0.05) is 5.75 Å². The third-order valence-corrected chi connectivity index (χ3v) is 3.02. The Balaban J connectivity index is 2.53. The van der Waals surface area contributed by atoms with Crippen LogP contribution in [0.5, 0.6) is 0 Å². The van der Waals surface area contributed by atoms with Crippen LogP contribution >= 0.6 is 11.8 Å². The van der Waals surface area contributed by atoms with Crippen molar-refractivity contribution >= 4 is 17.9 Å². The van der Waals surface area contributed by atoms with E-state index in [1.165, 1.54) is 11.8 Å². The Morgan fingerprint density at radius 1 is 1.50 bits per heavy atom. The van der Waals surface area contributed by atoms with E-state index in [2.05, 4.69) is 22.1 Å². The third-order valence-electron chi connectivity index (χ3n) is 1.97. The first kappa shape index (κ1) is 16.6. The molecule has 0 aliphatic rings. The highest BCUT2D eigenvalue weighted by Gasteiger charge is 2.21. The Hall–Kier alpha value is -1.50. The highest BCUT2D eigenvalue weighted by atomic mass is 32.2. The minimum Gasteiger partial charge on any atom is -0.444 e. The molecule has 1 heterocycles. The molecule has 0 spiro atoms. The van der Waals surface area contributed by atoms with Crippen LogP contribution in [0.4, 0.5) is 4.79 Å². The average molecular weight is 299 g/mol. The number of carbonyl (C=O) groups is 1. The Kier molecular flexibility index (Phi) is 5.62. The molecule has 0 bridgehead atoms. The van der Waals surface area contributed by atoms with E-state index in [1.807, 2.05) is 6.92 Å². The normalized spacial score (nSPS) is 12.8. The summed E-state index contributed by atoms with van der Waals surface area (Å²) in [5.74, 6) is 1.07. The van der Waals surface area contributed by atoms with Crippen LogP contribution in [0.1, 0.15) is 46.6 Å². The number of thioether (sulfide) groups is 1. The number of hydrogen-bond donors (Lipinski definition) is 1. The molecule has 6 nitrogen and oxygen atoms in total. The molecule has 112 valence electrons. The minimum atomic E-state index is -0.541. The van der Waals surface area contributed by atoms with Crippen LogP contribution in [-0.2, 0) is 4.74 Å². The summed E-state index contributed by atoms with van der Waals surface area (Å²) in [6, 6.07) is -0.406. The first-order valence-electron chi connectivity index (χ1n) is 6.27. The van der Waals surface area contributed by atoms with Crippen molar-refractivity contribution in [3.8, 4) is 0 Å². The first-order chi connectivity index (χ1) is 9.17. The molecule has 1 amide bonds. The van der Waals surface area contributed by atoms with Crippen molar-refractivity contribution in [2.45, 2.75) is 51.5 Å². The summed E-state index contributed by atoms with van der Waals surface area (Å²) in [7, 11) is 0. The van der Waals surface area contributed by atoms with Gasteiger partial charge in [-0.15, -0.1) is 10.2 Å². The average Bonchev–Trinajstić information content (AvgIpc) is 2.71. The summed E-state index contributed by atoms with van der Waals surface area (Å²) < 4.78 is 10.6. The highest BCUT2D eigenvalue weighted by molar-refractivity contribution is 7.99. The molecular weight excluding hydrogens is 278 g/mol. The maximum absolute atomic E-state index is 11.6. The van der Waals surface area contributed by atoms with E-state index in [0.717, 1.165) is 11.3 Å². The summed E-state index contributed by atoms with van der Waals surface area (Å²) in [6.45, 7) is 12.9. The summed E-state index contributed by atoms with van der Waals surface area (Å²) in [5, 5.41) is 10.9. The van der Waals surface area contributed by atoms with Crippen molar-refractivity contribution < 1.29 is 13.9 Å². The van der Waals surface area contributed by atoms with Gasteiger partial charge in [0.05, 0.1) is 0 Å². The van der Waals surface area contributed by atoms with Crippen LogP contribution in [0.15, 0.2) is 21.8 Å². The van der Waals surface area contributed by atoms with E-state index in [9.17, 15) is 4.79 Å². The van der Waals surface area contributed by atoms with E-state index in [4.69, 9.17) is 9.15 Å². The van der Waals surface area contributed by atoms with Crippen molar-refractivity contribution in [3.05, 3.63) is 18.0 Å². The van der Waals surface area contributed by atoms with E-state index < -0.39 is 17.7 Å².